The maximum Gasteiger partial charge on any atom is 0.195 e. The molecule has 0 saturated heterocycles. The molecule has 1 heterocycles. The van der Waals surface area contributed by atoms with Gasteiger partial charge >= 0.3 is 0 Å². The van der Waals surface area contributed by atoms with Crippen LogP contribution < -0.4 is 0 Å². The van der Waals surface area contributed by atoms with Gasteiger partial charge in [-0.3, -0.25) is 4.79 Å². The van der Waals surface area contributed by atoms with Crippen LogP contribution in [-0.4, -0.2) is 10.4 Å². The molecule has 2 aromatic carbocycles. The third kappa shape index (κ3) is 2.40. The van der Waals surface area contributed by atoms with Gasteiger partial charge in [0.15, 0.2) is 5.78 Å². The van der Waals surface area contributed by atoms with Crippen molar-refractivity contribution in [3.05, 3.63) is 83.6 Å². The van der Waals surface area contributed by atoms with E-state index in [1.807, 2.05) is 80.7 Å². The summed E-state index contributed by atoms with van der Waals surface area (Å²) in [6, 6.07) is 21.5. The molecule has 0 fully saturated rings. The predicted octanol–water partition coefficient (Wildman–Crippen LogP) is 4.23. The number of aryl methyl sites for hydroxylation is 1. The molecule has 3 rings (SSSR count). The SMILES string of the molecule is Cc1cc(C(=O)c2ccccc2)c(-c2ccccc2)n1C. The van der Waals surface area contributed by atoms with Crippen LogP contribution >= 0.6 is 0 Å². The number of ketones is 1. The Balaban J connectivity index is 2.16. The highest BCUT2D eigenvalue weighted by Gasteiger charge is 2.19. The standard InChI is InChI=1S/C19H17NO/c1-14-13-17(19(21)16-11-7-4-8-12-16)18(20(14)2)15-9-5-3-6-10-15/h3-13H,1-2H3. The van der Waals surface area contributed by atoms with E-state index in [1.54, 1.807) is 0 Å². The van der Waals surface area contributed by atoms with Gasteiger partial charge in [0.25, 0.3) is 0 Å². The zero-order chi connectivity index (χ0) is 14.8. The molecule has 2 nitrogen and oxygen atoms in total. The maximum absolute atomic E-state index is 12.8. The fraction of sp³-hybridized carbons (Fsp3) is 0.105. The van der Waals surface area contributed by atoms with E-state index in [4.69, 9.17) is 0 Å². The van der Waals surface area contributed by atoms with Crippen molar-refractivity contribution in [2.24, 2.45) is 7.05 Å². The van der Waals surface area contributed by atoms with Crippen LogP contribution in [0.25, 0.3) is 11.3 Å². The average Bonchev–Trinajstić information content (AvgIpc) is 2.84. The minimum Gasteiger partial charge on any atom is -0.347 e. The van der Waals surface area contributed by atoms with Gasteiger partial charge in [0, 0.05) is 23.9 Å². The van der Waals surface area contributed by atoms with E-state index in [9.17, 15) is 4.79 Å². The smallest absolute Gasteiger partial charge is 0.195 e. The molecule has 0 amide bonds. The molecule has 3 aromatic rings. The zero-order valence-electron chi connectivity index (χ0n) is 12.2. The van der Waals surface area contributed by atoms with Crippen molar-refractivity contribution in [3.8, 4) is 11.3 Å². The molecule has 1 aromatic heterocycles. The number of hydrogen-bond donors (Lipinski definition) is 0. The summed E-state index contributed by atoms with van der Waals surface area (Å²) < 4.78 is 2.07. The van der Waals surface area contributed by atoms with E-state index in [2.05, 4.69) is 4.57 Å². The fourth-order valence-electron chi connectivity index (χ4n) is 2.59. The molecule has 2 heteroatoms. The highest BCUT2D eigenvalue weighted by Crippen LogP contribution is 2.28. The van der Waals surface area contributed by atoms with Gasteiger partial charge in [0.1, 0.15) is 0 Å². The monoisotopic (exact) mass is 275 g/mol. The van der Waals surface area contributed by atoms with Crippen LogP contribution in [0, 0.1) is 6.92 Å². The molecule has 0 N–H and O–H groups in total. The van der Waals surface area contributed by atoms with Crippen LogP contribution in [0.15, 0.2) is 66.7 Å². The number of aromatic nitrogens is 1. The summed E-state index contributed by atoms with van der Waals surface area (Å²) in [6.45, 7) is 2.02. The van der Waals surface area contributed by atoms with Gasteiger partial charge in [0.05, 0.1) is 5.69 Å². The second kappa shape index (κ2) is 5.41. The quantitative estimate of drug-likeness (QED) is 0.656. The Labute approximate surface area is 124 Å². The minimum absolute atomic E-state index is 0.0677. The molecule has 0 bridgehead atoms. The Morgan fingerprint density at radius 2 is 1.48 bits per heavy atom. The topological polar surface area (TPSA) is 22.0 Å². The molecule has 0 unspecified atom stereocenters. The van der Waals surface area contributed by atoms with E-state index in [0.717, 1.165) is 28.1 Å². The third-order valence-corrected chi connectivity index (χ3v) is 3.80. The lowest BCUT2D eigenvalue weighted by Crippen LogP contribution is -2.03. The van der Waals surface area contributed by atoms with Crippen molar-refractivity contribution in [2.45, 2.75) is 6.92 Å². The van der Waals surface area contributed by atoms with Gasteiger partial charge in [-0.05, 0) is 18.6 Å². The van der Waals surface area contributed by atoms with Crippen LogP contribution in [0.2, 0.25) is 0 Å². The molecule has 0 saturated carbocycles. The summed E-state index contributed by atoms with van der Waals surface area (Å²) in [5.74, 6) is 0.0677. The lowest BCUT2D eigenvalue weighted by atomic mass is 10.00. The Morgan fingerprint density at radius 3 is 2.10 bits per heavy atom. The number of hydrogen-bond acceptors (Lipinski definition) is 1. The Hall–Kier alpha value is -2.61. The maximum atomic E-state index is 12.8. The third-order valence-electron chi connectivity index (χ3n) is 3.80. The van der Waals surface area contributed by atoms with Crippen LogP contribution in [0.5, 0.6) is 0 Å². The lowest BCUT2D eigenvalue weighted by molar-refractivity contribution is 0.103. The molecule has 21 heavy (non-hydrogen) atoms. The van der Waals surface area contributed by atoms with Crippen LogP contribution in [0.3, 0.4) is 0 Å². The molecule has 0 aliphatic heterocycles. The van der Waals surface area contributed by atoms with E-state index in [-0.39, 0.29) is 5.78 Å². The first-order chi connectivity index (χ1) is 10.2. The average molecular weight is 275 g/mol. The molecule has 0 radical (unpaired) electrons. The normalized spacial score (nSPS) is 10.6. The molecular weight excluding hydrogens is 258 g/mol. The Bertz CT molecular complexity index is 770. The number of benzene rings is 2. The summed E-state index contributed by atoms with van der Waals surface area (Å²) in [5.41, 5.74) is 4.59. The van der Waals surface area contributed by atoms with E-state index in [1.165, 1.54) is 0 Å². The summed E-state index contributed by atoms with van der Waals surface area (Å²) in [6.07, 6.45) is 0. The number of carbonyl (C=O) groups excluding carboxylic acids is 1. The zero-order valence-corrected chi connectivity index (χ0v) is 12.2. The first-order valence-electron chi connectivity index (χ1n) is 7.00. The van der Waals surface area contributed by atoms with Crippen molar-refractivity contribution in [2.75, 3.05) is 0 Å². The van der Waals surface area contributed by atoms with Crippen molar-refractivity contribution < 1.29 is 4.79 Å². The summed E-state index contributed by atoms with van der Waals surface area (Å²) >= 11 is 0. The highest BCUT2D eigenvalue weighted by molar-refractivity contribution is 6.12. The number of nitrogens with zero attached hydrogens (tertiary/aromatic N) is 1. The van der Waals surface area contributed by atoms with Crippen LogP contribution in [0.1, 0.15) is 21.6 Å². The highest BCUT2D eigenvalue weighted by atomic mass is 16.1. The first kappa shape index (κ1) is 13.4. The van der Waals surface area contributed by atoms with E-state index in [0.29, 0.717) is 0 Å². The summed E-state index contributed by atoms with van der Waals surface area (Å²) in [4.78, 5) is 12.8. The molecule has 0 aliphatic carbocycles. The molecular formula is C19H17NO. The predicted molar refractivity (Wildman–Crippen MR) is 85.5 cm³/mol. The van der Waals surface area contributed by atoms with Crippen molar-refractivity contribution in [3.63, 3.8) is 0 Å². The van der Waals surface area contributed by atoms with E-state index >= 15 is 0 Å². The number of rotatable bonds is 3. The molecule has 0 aliphatic rings. The lowest BCUT2D eigenvalue weighted by Gasteiger charge is -2.08. The summed E-state index contributed by atoms with van der Waals surface area (Å²) in [7, 11) is 2.00. The van der Waals surface area contributed by atoms with Gasteiger partial charge in [-0.2, -0.15) is 0 Å². The van der Waals surface area contributed by atoms with Crippen molar-refractivity contribution in [1.29, 1.82) is 0 Å². The second-order valence-electron chi connectivity index (χ2n) is 5.17. The first-order valence-corrected chi connectivity index (χ1v) is 7.00. The molecule has 104 valence electrons. The van der Waals surface area contributed by atoms with Gasteiger partial charge in [-0.1, -0.05) is 60.7 Å². The largest absolute Gasteiger partial charge is 0.347 e. The summed E-state index contributed by atoms with van der Waals surface area (Å²) in [5, 5.41) is 0. The van der Waals surface area contributed by atoms with Gasteiger partial charge in [-0.25, -0.2) is 0 Å². The fourth-order valence-corrected chi connectivity index (χ4v) is 2.59. The second-order valence-corrected chi connectivity index (χ2v) is 5.17. The van der Waals surface area contributed by atoms with Crippen molar-refractivity contribution in [1.82, 2.24) is 4.57 Å². The van der Waals surface area contributed by atoms with E-state index < -0.39 is 0 Å². The molecule has 0 atom stereocenters. The Morgan fingerprint density at radius 1 is 0.905 bits per heavy atom. The van der Waals surface area contributed by atoms with Crippen LogP contribution in [-0.2, 0) is 7.05 Å². The van der Waals surface area contributed by atoms with Gasteiger partial charge < -0.3 is 4.57 Å². The number of carbonyl (C=O) groups is 1. The molecule has 0 spiro atoms. The minimum atomic E-state index is 0.0677. The van der Waals surface area contributed by atoms with Crippen LogP contribution in [0.4, 0.5) is 0 Å². The van der Waals surface area contributed by atoms with Crippen molar-refractivity contribution >= 4 is 5.78 Å². The Kier molecular flexibility index (Phi) is 3.44. The van der Waals surface area contributed by atoms with Gasteiger partial charge in [0.2, 0.25) is 0 Å². The van der Waals surface area contributed by atoms with Gasteiger partial charge in [-0.15, -0.1) is 0 Å².